The van der Waals surface area contributed by atoms with Gasteiger partial charge in [0.05, 0.1) is 6.61 Å². The normalized spacial score (nSPS) is 10.5. The van der Waals surface area contributed by atoms with E-state index in [1.54, 1.807) is 19.1 Å². The standard InChI is InChI=1S/C13H13NO3/c1-3-17-13(16)11-7-9-5-4-8(2)6-10(9)12(15)14-11/h4-7H,3H2,1-2H3,(H,14,15). The van der Waals surface area contributed by atoms with Crippen LogP contribution in [0.1, 0.15) is 23.0 Å². The second-order valence-electron chi connectivity index (χ2n) is 3.82. The van der Waals surface area contributed by atoms with Crippen LogP contribution in [0.5, 0.6) is 0 Å². The molecule has 0 amide bonds. The van der Waals surface area contributed by atoms with Crippen molar-refractivity contribution in [2.45, 2.75) is 13.8 Å². The van der Waals surface area contributed by atoms with Gasteiger partial charge in [0.1, 0.15) is 5.69 Å². The number of fused-ring (bicyclic) bond motifs is 1. The maximum atomic E-state index is 11.8. The average molecular weight is 231 g/mol. The Labute approximate surface area is 98.2 Å². The Morgan fingerprint density at radius 3 is 2.82 bits per heavy atom. The molecule has 2 aromatic rings. The number of aryl methyl sites for hydroxylation is 1. The van der Waals surface area contributed by atoms with Crippen LogP contribution < -0.4 is 5.56 Å². The first-order chi connectivity index (χ1) is 8.11. The lowest BCUT2D eigenvalue weighted by molar-refractivity contribution is 0.0519. The van der Waals surface area contributed by atoms with Gasteiger partial charge in [0.15, 0.2) is 0 Å². The number of carbonyl (C=O) groups excluding carboxylic acids is 1. The predicted octanol–water partition coefficient (Wildman–Crippen LogP) is 2.01. The zero-order valence-electron chi connectivity index (χ0n) is 9.74. The summed E-state index contributed by atoms with van der Waals surface area (Å²) in [6.45, 7) is 3.92. The van der Waals surface area contributed by atoms with Crippen molar-refractivity contribution in [1.29, 1.82) is 0 Å². The van der Waals surface area contributed by atoms with Gasteiger partial charge in [0, 0.05) is 5.39 Å². The minimum absolute atomic E-state index is 0.188. The molecular formula is C13H13NO3. The zero-order valence-corrected chi connectivity index (χ0v) is 9.74. The minimum atomic E-state index is -0.507. The Balaban J connectivity index is 2.60. The molecule has 2 rings (SSSR count). The molecule has 1 N–H and O–H groups in total. The van der Waals surface area contributed by atoms with E-state index in [-0.39, 0.29) is 17.9 Å². The first-order valence-corrected chi connectivity index (χ1v) is 5.42. The fourth-order valence-corrected chi connectivity index (χ4v) is 1.69. The minimum Gasteiger partial charge on any atom is -0.461 e. The average Bonchev–Trinajstić information content (AvgIpc) is 2.30. The van der Waals surface area contributed by atoms with Crippen LogP contribution in [0.3, 0.4) is 0 Å². The summed E-state index contributed by atoms with van der Waals surface area (Å²) >= 11 is 0. The van der Waals surface area contributed by atoms with Crippen LogP contribution >= 0.6 is 0 Å². The van der Waals surface area contributed by atoms with Crippen molar-refractivity contribution >= 4 is 16.7 Å². The molecule has 0 atom stereocenters. The Hall–Kier alpha value is -2.10. The Morgan fingerprint density at radius 1 is 1.35 bits per heavy atom. The monoisotopic (exact) mass is 231 g/mol. The lowest BCUT2D eigenvalue weighted by Gasteiger charge is -2.04. The van der Waals surface area contributed by atoms with Crippen LogP contribution in [0, 0.1) is 6.92 Å². The summed E-state index contributed by atoms with van der Waals surface area (Å²) in [6.07, 6.45) is 0. The fourth-order valence-electron chi connectivity index (χ4n) is 1.69. The number of benzene rings is 1. The maximum Gasteiger partial charge on any atom is 0.354 e. The molecule has 0 aliphatic rings. The van der Waals surface area contributed by atoms with Crippen LogP contribution in [0.25, 0.3) is 10.8 Å². The largest absolute Gasteiger partial charge is 0.461 e. The molecule has 0 aliphatic heterocycles. The molecule has 0 aliphatic carbocycles. The van der Waals surface area contributed by atoms with E-state index in [1.165, 1.54) is 0 Å². The van der Waals surface area contributed by atoms with E-state index in [1.807, 2.05) is 19.1 Å². The summed E-state index contributed by atoms with van der Waals surface area (Å²) in [4.78, 5) is 25.8. The molecule has 1 aromatic heterocycles. The SMILES string of the molecule is CCOC(=O)c1cc2ccc(C)cc2c(=O)[nH]1. The number of aromatic nitrogens is 1. The number of carbonyl (C=O) groups is 1. The topological polar surface area (TPSA) is 59.2 Å². The lowest BCUT2D eigenvalue weighted by Crippen LogP contribution is -2.15. The van der Waals surface area contributed by atoms with Gasteiger partial charge >= 0.3 is 5.97 Å². The third-order valence-electron chi connectivity index (χ3n) is 2.50. The van der Waals surface area contributed by atoms with Crippen molar-refractivity contribution in [1.82, 2.24) is 4.98 Å². The van der Waals surface area contributed by atoms with Crippen molar-refractivity contribution in [3.63, 3.8) is 0 Å². The highest BCUT2D eigenvalue weighted by molar-refractivity contribution is 5.93. The molecule has 0 unspecified atom stereocenters. The predicted molar refractivity (Wildman–Crippen MR) is 65.3 cm³/mol. The molecule has 17 heavy (non-hydrogen) atoms. The number of nitrogens with one attached hydrogen (secondary N) is 1. The van der Waals surface area contributed by atoms with Gasteiger partial charge in [-0.3, -0.25) is 4.79 Å². The number of rotatable bonds is 2. The smallest absolute Gasteiger partial charge is 0.354 e. The maximum absolute atomic E-state index is 11.8. The third kappa shape index (κ3) is 2.20. The van der Waals surface area contributed by atoms with Gasteiger partial charge in [0.25, 0.3) is 5.56 Å². The van der Waals surface area contributed by atoms with Gasteiger partial charge < -0.3 is 9.72 Å². The Morgan fingerprint density at radius 2 is 2.12 bits per heavy atom. The number of aromatic amines is 1. The number of ether oxygens (including phenoxy) is 1. The summed E-state index contributed by atoms with van der Waals surface area (Å²) in [5.74, 6) is -0.507. The van der Waals surface area contributed by atoms with Crippen LogP contribution in [0.2, 0.25) is 0 Å². The van der Waals surface area contributed by atoms with Crippen LogP contribution in [0.15, 0.2) is 29.1 Å². The molecule has 0 fully saturated rings. The molecule has 4 heteroatoms. The van der Waals surface area contributed by atoms with Gasteiger partial charge in [-0.1, -0.05) is 17.7 Å². The van der Waals surface area contributed by atoms with Gasteiger partial charge in [0.2, 0.25) is 0 Å². The molecule has 1 heterocycles. The highest BCUT2D eigenvalue weighted by Gasteiger charge is 2.10. The van der Waals surface area contributed by atoms with E-state index in [4.69, 9.17) is 4.74 Å². The van der Waals surface area contributed by atoms with Crippen molar-refractivity contribution in [2.24, 2.45) is 0 Å². The molecule has 0 bridgehead atoms. The van der Waals surface area contributed by atoms with Crippen molar-refractivity contribution in [2.75, 3.05) is 6.61 Å². The third-order valence-corrected chi connectivity index (χ3v) is 2.50. The highest BCUT2D eigenvalue weighted by Crippen LogP contribution is 2.13. The molecule has 0 radical (unpaired) electrons. The summed E-state index contributed by atoms with van der Waals surface area (Å²) in [6, 6.07) is 7.15. The molecule has 88 valence electrons. The van der Waals surface area contributed by atoms with Crippen LogP contribution in [0.4, 0.5) is 0 Å². The first-order valence-electron chi connectivity index (χ1n) is 5.42. The van der Waals surface area contributed by atoms with E-state index in [9.17, 15) is 9.59 Å². The summed E-state index contributed by atoms with van der Waals surface area (Å²) < 4.78 is 4.85. The molecule has 0 saturated carbocycles. The first kappa shape index (κ1) is 11.4. The Bertz CT molecular complexity index is 628. The summed E-state index contributed by atoms with van der Waals surface area (Å²) in [5, 5.41) is 1.32. The van der Waals surface area contributed by atoms with E-state index >= 15 is 0 Å². The molecule has 1 aromatic carbocycles. The van der Waals surface area contributed by atoms with Gasteiger partial charge in [-0.2, -0.15) is 0 Å². The number of hydrogen-bond acceptors (Lipinski definition) is 3. The number of esters is 1. The zero-order chi connectivity index (χ0) is 12.4. The van der Waals surface area contributed by atoms with Gasteiger partial charge in [-0.05, 0) is 31.4 Å². The van der Waals surface area contributed by atoms with Crippen molar-refractivity contribution < 1.29 is 9.53 Å². The molecular weight excluding hydrogens is 218 g/mol. The van der Waals surface area contributed by atoms with Crippen molar-refractivity contribution in [3.8, 4) is 0 Å². The second kappa shape index (κ2) is 4.41. The van der Waals surface area contributed by atoms with Crippen LogP contribution in [-0.2, 0) is 4.74 Å². The number of hydrogen-bond donors (Lipinski definition) is 1. The number of H-pyrrole nitrogens is 1. The van der Waals surface area contributed by atoms with E-state index < -0.39 is 5.97 Å². The molecule has 4 nitrogen and oxygen atoms in total. The summed E-state index contributed by atoms with van der Waals surface area (Å²) in [5.41, 5.74) is 0.925. The van der Waals surface area contributed by atoms with Gasteiger partial charge in [-0.15, -0.1) is 0 Å². The highest BCUT2D eigenvalue weighted by atomic mass is 16.5. The molecule has 0 saturated heterocycles. The second-order valence-corrected chi connectivity index (χ2v) is 3.82. The fraction of sp³-hybridized carbons (Fsp3) is 0.231. The van der Waals surface area contributed by atoms with E-state index in [0.29, 0.717) is 5.39 Å². The van der Waals surface area contributed by atoms with E-state index in [2.05, 4.69) is 4.98 Å². The van der Waals surface area contributed by atoms with Gasteiger partial charge in [-0.25, -0.2) is 4.79 Å². The Kier molecular flexibility index (Phi) is 2.95. The lowest BCUT2D eigenvalue weighted by atomic mass is 10.1. The quantitative estimate of drug-likeness (QED) is 0.804. The molecule has 0 spiro atoms. The van der Waals surface area contributed by atoms with E-state index in [0.717, 1.165) is 10.9 Å². The van der Waals surface area contributed by atoms with Crippen molar-refractivity contribution in [3.05, 3.63) is 45.9 Å². The number of pyridine rings is 1. The van der Waals surface area contributed by atoms with Crippen LogP contribution in [-0.4, -0.2) is 17.6 Å². The summed E-state index contributed by atoms with van der Waals surface area (Å²) in [7, 11) is 0.